The van der Waals surface area contributed by atoms with Gasteiger partial charge in [-0.2, -0.15) is 0 Å². The van der Waals surface area contributed by atoms with Gasteiger partial charge in [-0.15, -0.1) is 0 Å². The van der Waals surface area contributed by atoms with E-state index in [0.717, 1.165) is 13.1 Å². The first kappa shape index (κ1) is 27.1. The fraction of sp³-hybridized carbons (Fsp3) is 0.679. The van der Waals surface area contributed by atoms with Crippen LogP contribution in [0.5, 0.6) is 0 Å². The van der Waals surface area contributed by atoms with Gasteiger partial charge in [-0.25, -0.2) is 0 Å². The molecule has 3 amide bonds. The number of nitrogens with one attached hydrogen (secondary N) is 2. The molecular weight excluding hydrogens is 488 g/mol. The number of benzene rings is 1. The molecule has 1 aromatic carbocycles. The Morgan fingerprint density at radius 2 is 1.84 bits per heavy atom. The molecule has 10 nitrogen and oxygen atoms in total. The summed E-state index contributed by atoms with van der Waals surface area (Å²) < 4.78 is 12.2. The third-order valence-corrected chi connectivity index (χ3v) is 8.89. The van der Waals surface area contributed by atoms with Crippen LogP contribution in [-0.4, -0.2) is 102 Å². The summed E-state index contributed by atoms with van der Waals surface area (Å²) in [4.78, 5) is 45.4. The topological polar surface area (TPSA) is 120 Å². The van der Waals surface area contributed by atoms with E-state index in [1.165, 1.54) is 0 Å². The Labute approximate surface area is 224 Å². The zero-order valence-corrected chi connectivity index (χ0v) is 22.2. The van der Waals surface area contributed by atoms with Gasteiger partial charge in [-0.3, -0.25) is 19.3 Å². The molecule has 1 spiro atoms. The lowest BCUT2D eigenvalue weighted by molar-refractivity contribution is -0.146. The van der Waals surface area contributed by atoms with E-state index in [1.54, 1.807) is 4.90 Å². The van der Waals surface area contributed by atoms with Crippen molar-refractivity contribution >= 4 is 23.4 Å². The molecule has 4 aliphatic heterocycles. The average Bonchev–Trinajstić information content (AvgIpc) is 3.53. The highest BCUT2D eigenvalue weighted by atomic mass is 16.5. The first-order chi connectivity index (χ1) is 18.5. The molecule has 5 rings (SSSR count). The van der Waals surface area contributed by atoms with Gasteiger partial charge in [-0.05, 0) is 44.2 Å². The number of fused-ring (bicyclic) bond motifs is 1. The zero-order chi connectivity index (χ0) is 26.8. The Bertz CT molecular complexity index is 1020. The van der Waals surface area contributed by atoms with E-state index in [2.05, 4.69) is 15.5 Å². The number of rotatable bonds is 11. The number of aliphatic hydroxyl groups excluding tert-OH is 1. The summed E-state index contributed by atoms with van der Waals surface area (Å²) >= 11 is 0. The van der Waals surface area contributed by atoms with Gasteiger partial charge in [0.15, 0.2) is 0 Å². The molecular formula is C28H40N4O6. The summed E-state index contributed by atoms with van der Waals surface area (Å²) in [5.74, 6) is -2.06. The average molecular weight is 529 g/mol. The predicted octanol–water partition coefficient (Wildman–Crippen LogP) is 1.00. The molecule has 4 aliphatic rings. The minimum atomic E-state index is -1.03. The van der Waals surface area contributed by atoms with Gasteiger partial charge in [0, 0.05) is 45.0 Å². The molecule has 2 unspecified atom stereocenters. The van der Waals surface area contributed by atoms with E-state index in [-0.39, 0.29) is 24.3 Å². The fourth-order valence-electron chi connectivity index (χ4n) is 7.05. The van der Waals surface area contributed by atoms with Crippen LogP contribution in [-0.2, 0) is 23.9 Å². The molecule has 10 heteroatoms. The molecule has 4 saturated heterocycles. The van der Waals surface area contributed by atoms with E-state index < -0.39 is 29.1 Å². The van der Waals surface area contributed by atoms with Crippen LogP contribution >= 0.6 is 0 Å². The van der Waals surface area contributed by atoms with Crippen molar-refractivity contribution < 1.29 is 29.0 Å². The van der Waals surface area contributed by atoms with Crippen LogP contribution in [0.25, 0.3) is 0 Å². The largest absolute Gasteiger partial charge is 0.396 e. The molecule has 4 heterocycles. The molecule has 2 bridgehead atoms. The monoisotopic (exact) mass is 528 g/mol. The smallest absolute Gasteiger partial charge is 0.245 e. The van der Waals surface area contributed by atoms with Crippen LogP contribution in [0.4, 0.5) is 5.69 Å². The number of unbranched alkanes of at least 4 members (excludes halogenated alkanes) is 1. The van der Waals surface area contributed by atoms with E-state index in [1.807, 2.05) is 37.3 Å². The maximum Gasteiger partial charge on any atom is 0.245 e. The Hall–Kier alpha value is -2.53. The number of hydrogen-bond acceptors (Lipinski definition) is 7. The molecule has 4 fully saturated rings. The van der Waals surface area contributed by atoms with Gasteiger partial charge in [-0.1, -0.05) is 25.1 Å². The number of carbonyl (C=O) groups excluding carboxylic acids is 3. The summed E-state index contributed by atoms with van der Waals surface area (Å²) in [7, 11) is 0. The van der Waals surface area contributed by atoms with Crippen LogP contribution in [0.2, 0.25) is 0 Å². The van der Waals surface area contributed by atoms with Crippen molar-refractivity contribution in [3.05, 3.63) is 30.3 Å². The molecule has 208 valence electrons. The second-order valence-corrected chi connectivity index (χ2v) is 10.9. The standard InChI is InChI=1S/C28H40N4O6/c1-2-27-10-11-28(38-27)22(21(27)24(34)30-20-8-4-3-5-9-20)26(36)32(13-6-7-17-33)23(28)25(35)29-12-14-31-15-18-37-19-16-31/h3-5,8-9,21-23,33H,2,6-7,10-19H2,1H3,(H,29,35)(H,30,34)/t21-,22+,23?,27+,28?/m1/s1. The number of amides is 3. The maximum atomic E-state index is 14.0. The van der Waals surface area contributed by atoms with E-state index >= 15 is 0 Å². The Morgan fingerprint density at radius 3 is 2.55 bits per heavy atom. The van der Waals surface area contributed by atoms with Gasteiger partial charge in [0.2, 0.25) is 17.7 Å². The molecule has 0 aromatic heterocycles. The quantitative estimate of drug-likeness (QED) is 0.367. The van der Waals surface area contributed by atoms with E-state index in [4.69, 9.17) is 9.47 Å². The number of morpholine rings is 1. The lowest BCUT2D eigenvalue weighted by Gasteiger charge is -2.34. The van der Waals surface area contributed by atoms with E-state index in [9.17, 15) is 19.5 Å². The van der Waals surface area contributed by atoms with Crippen LogP contribution in [0.15, 0.2) is 30.3 Å². The van der Waals surface area contributed by atoms with Gasteiger partial charge >= 0.3 is 0 Å². The van der Waals surface area contributed by atoms with Crippen molar-refractivity contribution in [1.29, 1.82) is 0 Å². The second kappa shape index (κ2) is 11.3. The fourth-order valence-corrected chi connectivity index (χ4v) is 7.05. The minimum Gasteiger partial charge on any atom is -0.396 e. The Kier molecular flexibility index (Phi) is 8.04. The third kappa shape index (κ3) is 4.72. The third-order valence-electron chi connectivity index (χ3n) is 8.89. The van der Waals surface area contributed by atoms with Gasteiger partial charge in [0.25, 0.3) is 0 Å². The second-order valence-electron chi connectivity index (χ2n) is 10.9. The van der Waals surface area contributed by atoms with Crippen molar-refractivity contribution in [1.82, 2.24) is 15.1 Å². The molecule has 0 saturated carbocycles. The molecule has 0 aliphatic carbocycles. The number of ether oxygens (including phenoxy) is 2. The Balaban J connectivity index is 1.39. The first-order valence-electron chi connectivity index (χ1n) is 14.0. The zero-order valence-electron chi connectivity index (χ0n) is 22.2. The molecule has 38 heavy (non-hydrogen) atoms. The van der Waals surface area contributed by atoms with Gasteiger partial charge < -0.3 is 30.1 Å². The van der Waals surface area contributed by atoms with Crippen molar-refractivity contribution in [2.45, 2.75) is 56.3 Å². The van der Waals surface area contributed by atoms with Crippen LogP contribution in [0.1, 0.15) is 39.0 Å². The SMILES string of the molecule is CC[C@@]12CCC3(O1)C(C(=O)NCCN1CCOCC1)N(CCCCO)C(=O)[C@@H]3[C@@H]2C(=O)Nc1ccccc1. The molecule has 5 atom stereocenters. The number of hydrogen-bond donors (Lipinski definition) is 3. The van der Waals surface area contributed by atoms with E-state index in [0.29, 0.717) is 70.6 Å². The maximum absolute atomic E-state index is 14.0. The van der Waals surface area contributed by atoms with Crippen LogP contribution < -0.4 is 10.6 Å². The summed E-state index contributed by atoms with van der Waals surface area (Å²) in [6.45, 7) is 6.56. The van der Waals surface area contributed by atoms with Crippen LogP contribution in [0, 0.1) is 11.8 Å². The number of nitrogens with zero attached hydrogens (tertiary/aromatic N) is 2. The van der Waals surface area contributed by atoms with Gasteiger partial charge in [0.1, 0.15) is 11.6 Å². The molecule has 0 radical (unpaired) electrons. The lowest BCUT2D eigenvalue weighted by Crippen LogP contribution is -2.56. The van der Waals surface area contributed by atoms with Crippen molar-refractivity contribution in [2.75, 3.05) is 57.9 Å². The summed E-state index contributed by atoms with van der Waals surface area (Å²) in [6, 6.07) is 8.43. The highest BCUT2D eigenvalue weighted by Crippen LogP contribution is 2.64. The molecule has 1 aromatic rings. The van der Waals surface area contributed by atoms with Crippen LogP contribution in [0.3, 0.4) is 0 Å². The number of para-hydroxylation sites is 1. The molecule has 3 N–H and O–H groups in total. The van der Waals surface area contributed by atoms with Crippen molar-refractivity contribution in [3.63, 3.8) is 0 Å². The first-order valence-corrected chi connectivity index (χ1v) is 14.0. The van der Waals surface area contributed by atoms with Crippen molar-refractivity contribution in [3.8, 4) is 0 Å². The number of aliphatic hydroxyl groups is 1. The normalized spacial score (nSPS) is 32.4. The van der Waals surface area contributed by atoms with Gasteiger partial charge in [0.05, 0.1) is 30.7 Å². The highest BCUT2D eigenvalue weighted by Gasteiger charge is 2.78. The lowest BCUT2D eigenvalue weighted by atomic mass is 9.65. The number of anilines is 1. The van der Waals surface area contributed by atoms with Crippen molar-refractivity contribution in [2.24, 2.45) is 11.8 Å². The highest BCUT2D eigenvalue weighted by molar-refractivity contribution is 6.02. The number of carbonyl (C=O) groups is 3. The number of likely N-dealkylation sites (tertiary alicyclic amines) is 1. The predicted molar refractivity (Wildman–Crippen MR) is 140 cm³/mol. The Morgan fingerprint density at radius 1 is 1.08 bits per heavy atom. The summed E-state index contributed by atoms with van der Waals surface area (Å²) in [5, 5.41) is 15.4. The summed E-state index contributed by atoms with van der Waals surface area (Å²) in [5.41, 5.74) is -1.14. The minimum absolute atomic E-state index is 0.0184. The summed E-state index contributed by atoms with van der Waals surface area (Å²) in [6.07, 6.45) is 2.88.